The molecule has 2 aromatic rings. The van der Waals surface area contributed by atoms with Gasteiger partial charge in [-0.2, -0.15) is 0 Å². The highest BCUT2D eigenvalue weighted by atomic mass is 16.5. The summed E-state index contributed by atoms with van der Waals surface area (Å²) in [5, 5.41) is 0. The van der Waals surface area contributed by atoms with Gasteiger partial charge in [0.15, 0.2) is 0 Å². The van der Waals surface area contributed by atoms with Crippen molar-refractivity contribution >= 4 is 0 Å². The Morgan fingerprint density at radius 1 is 0.889 bits per heavy atom. The lowest BCUT2D eigenvalue weighted by Crippen LogP contribution is -1.93. The fourth-order valence-electron chi connectivity index (χ4n) is 1.97. The van der Waals surface area contributed by atoms with Crippen LogP contribution in [0.15, 0.2) is 48.8 Å². The van der Waals surface area contributed by atoms with Gasteiger partial charge in [-0.1, -0.05) is 12.1 Å². The lowest BCUT2D eigenvalue weighted by molar-refractivity contribution is 0.340. The summed E-state index contributed by atoms with van der Waals surface area (Å²) in [6.07, 6.45) is 7.08. The molecule has 1 aromatic heterocycles. The third-order valence-electron chi connectivity index (χ3n) is 2.91. The summed E-state index contributed by atoms with van der Waals surface area (Å²) in [5.74, 6) is 0.954. The van der Waals surface area contributed by atoms with Crippen molar-refractivity contribution in [3.05, 3.63) is 59.9 Å². The topological polar surface area (TPSA) is 22.1 Å². The summed E-state index contributed by atoms with van der Waals surface area (Å²) in [7, 11) is 0. The minimum Gasteiger partial charge on any atom is -0.494 e. The van der Waals surface area contributed by atoms with Gasteiger partial charge in [-0.25, -0.2) is 0 Å². The van der Waals surface area contributed by atoms with Crippen molar-refractivity contribution < 1.29 is 4.74 Å². The first-order valence-corrected chi connectivity index (χ1v) is 6.49. The lowest BCUT2D eigenvalue weighted by Gasteiger charge is -2.05. The van der Waals surface area contributed by atoms with E-state index >= 15 is 0 Å². The summed E-state index contributed by atoms with van der Waals surface area (Å²) in [6.45, 7) is 2.73. The third-order valence-corrected chi connectivity index (χ3v) is 2.91. The van der Waals surface area contributed by atoms with Crippen LogP contribution in [0.3, 0.4) is 0 Å². The molecule has 0 saturated carbocycles. The first-order valence-electron chi connectivity index (χ1n) is 6.49. The molecule has 0 fully saturated rings. The van der Waals surface area contributed by atoms with Crippen LogP contribution < -0.4 is 4.74 Å². The van der Waals surface area contributed by atoms with Gasteiger partial charge in [0, 0.05) is 12.4 Å². The maximum atomic E-state index is 5.43. The molecule has 2 heteroatoms. The molecule has 18 heavy (non-hydrogen) atoms. The Morgan fingerprint density at radius 2 is 1.50 bits per heavy atom. The van der Waals surface area contributed by atoms with Gasteiger partial charge in [-0.05, 0) is 61.6 Å². The molecule has 2 rings (SSSR count). The van der Waals surface area contributed by atoms with Crippen molar-refractivity contribution in [3.63, 3.8) is 0 Å². The van der Waals surface area contributed by atoms with Crippen LogP contribution in [0.25, 0.3) is 0 Å². The van der Waals surface area contributed by atoms with Crippen molar-refractivity contribution in [2.24, 2.45) is 0 Å². The Kier molecular flexibility index (Phi) is 4.77. The van der Waals surface area contributed by atoms with Gasteiger partial charge >= 0.3 is 0 Å². The van der Waals surface area contributed by atoms with Gasteiger partial charge < -0.3 is 4.74 Å². The summed E-state index contributed by atoms with van der Waals surface area (Å²) in [6, 6.07) is 12.6. The molecule has 0 N–H and O–H groups in total. The lowest BCUT2D eigenvalue weighted by atomic mass is 10.0. The first kappa shape index (κ1) is 12.6. The van der Waals surface area contributed by atoms with Crippen molar-refractivity contribution in [1.82, 2.24) is 4.98 Å². The van der Waals surface area contributed by atoms with E-state index in [4.69, 9.17) is 4.74 Å². The Hall–Kier alpha value is -1.83. The quantitative estimate of drug-likeness (QED) is 0.770. The molecule has 0 bridgehead atoms. The van der Waals surface area contributed by atoms with Crippen LogP contribution in [0.2, 0.25) is 0 Å². The molecule has 0 radical (unpaired) electrons. The van der Waals surface area contributed by atoms with E-state index in [0.29, 0.717) is 0 Å². The number of nitrogens with zero attached hydrogens (tertiary/aromatic N) is 1. The second-order valence-electron chi connectivity index (χ2n) is 4.29. The largest absolute Gasteiger partial charge is 0.494 e. The standard InChI is InChI=1S/C16H19NO/c1-2-18-16-8-6-14(7-9-16)4-3-5-15-10-12-17-13-11-15/h6-13H,2-5H2,1H3. The van der Waals surface area contributed by atoms with E-state index in [1.165, 1.54) is 11.1 Å². The fraction of sp³-hybridized carbons (Fsp3) is 0.312. The third kappa shape index (κ3) is 3.88. The van der Waals surface area contributed by atoms with Crippen molar-refractivity contribution in [2.75, 3.05) is 6.61 Å². The molecular formula is C16H19NO. The zero-order valence-corrected chi connectivity index (χ0v) is 10.8. The second-order valence-corrected chi connectivity index (χ2v) is 4.29. The Morgan fingerprint density at radius 3 is 2.11 bits per heavy atom. The van der Waals surface area contributed by atoms with Crippen LogP contribution in [0.4, 0.5) is 0 Å². The molecule has 0 atom stereocenters. The molecule has 0 aliphatic heterocycles. The SMILES string of the molecule is CCOc1ccc(CCCc2ccncc2)cc1. The zero-order chi connectivity index (χ0) is 12.6. The predicted molar refractivity (Wildman–Crippen MR) is 73.9 cm³/mol. The van der Waals surface area contributed by atoms with Gasteiger partial charge in [0.05, 0.1) is 6.61 Å². The highest BCUT2D eigenvalue weighted by Gasteiger charge is 1.97. The molecule has 0 aliphatic carbocycles. The van der Waals surface area contributed by atoms with Crippen molar-refractivity contribution in [3.8, 4) is 5.75 Å². The number of ether oxygens (including phenoxy) is 1. The van der Waals surface area contributed by atoms with Crippen LogP contribution >= 0.6 is 0 Å². The van der Waals surface area contributed by atoms with Crippen molar-refractivity contribution in [2.45, 2.75) is 26.2 Å². The average molecular weight is 241 g/mol. The summed E-state index contributed by atoms with van der Waals surface area (Å²) in [5.41, 5.74) is 2.73. The van der Waals surface area contributed by atoms with E-state index in [0.717, 1.165) is 31.6 Å². The predicted octanol–water partition coefficient (Wildman–Crippen LogP) is 3.66. The second kappa shape index (κ2) is 6.80. The van der Waals surface area contributed by atoms with Crippen LogP contribution in [-0.4, -0.2) is 11.6 Å². The monoisotopic (exact) mass is 241 g/mol. The Balaban J connectivity index is 1.80. The van der Waals surface area contributed by atoms with Crippen LogP contribution in [0, 0.1) is 0 Å². The molecule has 0 unspecified atom stereocenters. The highest BCUT2D eigenvalue weighted by Crippen LogP contribution is 2.14. The minimum absolute atomic E-state index is 0.724. The van der Waals surface area contributed by atoms with Gasteiger partial charge in [0.25, 0.3) is 0 Å². The number of rotatable bonds is 6. The molecule has 2 nitrogen and oxygen atoms in total. The smallest absolute Gasteiger partial charge is 0.119 e. The average Bonchev–Trinajstić information content (AvgIpc) is 2.42. The number of pyridine rings is 1. The maximum absolute atomic E-state index is 5.43. The number of aromatic nitrogens is 1. The molecule has 0 aliphatic rings. The minimum atomic E-state index is 0.724. The van der Waals surface area contributed by atoms with Gasteiger partial charge in [0.1, 0.15) is 5.75 Å². The van der Waals surface area contributed by atoms with Gasteiger partial charge in [-0.15, -0.1) is 0 Å². The number of hydrogen-bond acceptors (Lipinski definition) is 2. The van der Waals surface area contributed by atoms with E-state index in [1.54, 1.807) is 0 Å². The van der Waals surface area contributed by atoms with Crippen molar-refractivity contribution in [1.29, 1.82) is 0 Å². The summed E-state index contributed by atoms with van der Waals surface area (Å²) >= 11 is 0. The number of aryl methyl sites for hydroxylation is 2. The molecule has 1 aromatic carbocycles. The highest BCUT2D eigenvalue weighted by molar-refractivity contribution is 5.27. The molecule has 0 amide bonds. The first-order chi connectivity index (χ1) is 8.88. The summed E-state index contributed by atoms with van der Waals surface area (Å²) < 4.78 is 5.43. The van der Waals surface area contributed by atoms with E-state index in [9.17, 15) is 0 Å². The molecule has 0 saturated heterocycles. The normalized spacial score (nSPS) is 10.3. The van der Waals surface area contributed by atoms with Crippen LogP contribution in [0.5, 0.6) is 5.75 Å². The molecular weight excluding hydrogens is 222 g/mol. The number of benzene rings is 1. The Labute approximate surface area is 109 Å². The fourth-order valence-corrected chi connectivity index (χ4v) is 1.97. The molecule has 1 heterocycles. The van der Waals surface area contributed by atoms with E-state index in [2.05, 4.69) is 29.2 Å². The van der Waals surface area contributed by atoms with E-state index < -0.39 is 0 Å². The number of hydrogen-bond donors (Lipinski definition) is 0. The van der Waals surface area contributed by atoms with Gasteiger partial charge in [-0.3, -0.25) is 4.98 Å². The van der Waals surface area contributed by atoms with E-state index in [1.807, 2.05) is 31.5 Å². The molecule has 0 spiro atoms. The van der Waals surface area contributed by atoms with Crippen LogP contribution in [-0.2, 0) is 12.8 Å². The maximum Gasteiger partial charge on any atom is 0.119 e. The zero-order valence-electron chi connectivity index (χ0n) is 10.8. The Bertz CT molecular complexity index is 450. The van der Waals surface area contributed by atoms with Gasteiger partial charge in [0.2, 0.25) is 0 Å². The van der Waals surface area contributed by atoms with E-state index in [-0.39, 0.29) is 0 Å². The van der Waals surface area contributed by atoms with Crippen LogP contribution in [0.1, 0.15) is 24.5 Å². The molecule has 94 valence electrons. The summed E-state index contributed by atoms with van der Waals surface area (Å²) in [4.78, 5) is 4.02.